The van der Waals surface area contributed by atoms with Gasteiger partial charge in [-0.15, -0.1) is 16.9 Å². The van der Waals surface area contributed by atoms with Crippen molar-refractivity contribution in [2.24, 2.45) is 0 Å². The lowest BCUT2D eigenvalue weighted by molar-refractivity contribution is -0.128. The minimum atomic E-state index is -0.121. The van der Waals surface area contributed by atoms with Gasteiger partial charge in [0.25, 0.3) is 0 Å². The molecule has 1 aliphatic heterocycles. The van der Waals surface area contributed by atoms with Gasteiger partial charge in [-0.25, -0.2) is 4.68 Å². The van der Waals surface area contributed by atoms with Gasteiger partial charge < -0.3 is 9.32 Å². The van der Waals surface area contributed by atoms with Gasteiger partial charge in [0, 0.05) is 0 Å². The van der Waals surface area contributed by atoms with E-state index in [-0.39, 0.29) is 11.3 Å². The van der Waals surface area contributed by atoms with Gasteiger partial charge in [0.05, 0.1) is 31.3 Å². The molecule has 0 radical (unpaired) electrons. The second-order valence-corrected chi connectivity index (χ2v) is 7.34. The van der Waals surface area contributed by atoms with Crippen LogP contribution in [0.2, 0.25) is 0 Å². The molecule has 0 spiro atoms. The van der Waals surface area contributed by atoms with Gasteiger partial charge in [-0.05, 0) is 29.7 Å². The molecule has 1 fully saturated rings. The maximum atomic E-state index is 12.3. The van der Waals surface area contributed by atoms with Crippen molar-refractivity contribution in [3.63, 3.8) is 0 Å². The summed E-state index contributed by atoms with van der Waals surface area (Å²) in [6.07, 6.45) is 4.59. The van der Waals surface area contributed by atoms with Crippen LogP contribution in [-0.2, 0) is 24.3 Å². The molecule has 2 aromatic heterocycles. The summed E-state index contributed by atoms with van der Waals surface area (Å²) in [5.41, 5.74) is 3.31. The zero-order valence-corrected chi connectivity index (χ0v) is 15.4. The highest BCUT2D eigenvalue weighted by atomic mass is 32.2. The Morgan fingerprint density at radius 3 is 2.73 bits per heavy atom. The molecule has 134 valence electrons. The van der Waals surface area contributed by atoms with Crippen molar-refractivity contribution in [1.82, 2.24) is 19.9 Å². The molecule has 1 aliphatic rings. The lowest BCUT2D eigenvalue weighted by atomic mass is 10.1. The average molecular weight is 368 g/mol. The number of aryl methyl sites for hydroxylation is 1. The normalized spacial score (nSPS) is 17.2. The summed E-state index contributed by atoms with van der Waals surface area (Å²) in [6, 6.07) is 12.2. The van der Waals surface area contributed by atoms with Crippen LogP contribution in [0.25, 0.3) is 0 Å². The van der Waals surface area contributed by atoms with Crippen LogP contribution in [-0.4, -0.2) is 31.6 Å². The Hall–Kier alpha value is -2.54. The third kappa shape index (κ3) is 3.53. The third-order valence-corrected chi connectivity index (χ3v) is 5.68. The predicted octanol–water partition coefficient (Wildman–Crippen LogP) is 3.26. The largest absolute Gasteiger partial charge is 0.467 e. The number of benzene rings is 1. The number of hydrogen-bond donors (Lipinski definition) is 0. The van der Waals surface area contributed by atoms with E-state index >= 15 is 0 Å². The number of aromatic nitrogens is 3. The number of furan rings is 1. The molecule has 26 heavy (non-hydrogen) atoms. The first-order chi connectivity index (χ1) is 12.7. The van der Waals surface area contributed by atoms with E-state index in [0.29, 0.717) is 18.8 Å². The standard InChI is InChI=1S/C19H20N4O2S/c1-2-14-5-7-15(8-6-14)10-22-12-17(20-21-22)19-23(18(24)13-26-19)11-16-4-3-9-25-16/h3-9,12,19H,2,10-11,13H2,1H3/t19-/m1/s1. The smallest absolute Gasteiger partial charge is 0.234 e. The van der Waals surface area contributed by atoms with Crippen LogP contribution in [0.5, 0.6) is 0 Å². The van der Waals surface area contributed by atoms with Crippen LogP contribution in [0.3, 0.4) is 0 Å². The third-order valence-electron chi connectivity index (χ3n) is 4.46. The van der Waals surface area contributed by atoms with E-state index in [4.69, 9.17) is 4.42 Å². The zero-order chi connectivity index (χ0) is 17.9. The summed E-state index contributed by atoms with van der Waals surface area (Å²) in [6.45, 7) is 3.27. The first kappa shape index (κ1) is 16.9. The van der Waals surface area contributed by atoms with Crippen LogP contribution >= 0.6 is 11.8 Å². The molecule has 0 N–H and O–H groups in total. The molecular weight excluding hydrogens is 348 g/mol. The van der Waals surface area contributed by atoms with Gasteiger partial charge in [0.2, 0.25) is 5.91 Å². The minimum Gasteiger partial charge on any atom is -0.467 e. The molecule has 1 amide bonds. The van der Waals surface area contributed by atoms with E-state index in [1.165, 1.54) is 11.1 Å². The van der Waals surface area contributed by atoms with Gasteiger partial charge in [-0.2, -0.15) is 0 Å². The number of carbonyl (C=O) groups is 1. The van der Waals surface area contributed by atoms with Crippen LogP contribution in [0.15, 0.2) is 53.3 Å². The highest BCUT2D eigenvalue weighted by Gasteiger charge is 2.35. The lowest BCUT2D eigenvalue weighted by Crippen LogP contribution is -2.27. The highest BCUT2D eigenvalue weighted by molar-refractivity contribution is 8.00. The van der Waals surface area contributed by atoms with Crippen LogP contribution in [0, 0.1) is 0 Å². The van der Waals surface area contributed by atoms with Crippen molar-refractivity contribution in [2.45, 2.75) is 31.8 Å². The Morgan fingerprint density at radius 2 is 2.00 bits per heavy atom. The first-order valence-corrected chi connectivity index (χ1v) is 9.69. The number of carbonyl (C=O) groups excluding carboxylic acids is 1. The summed E-state index contributed by atoms with van der Waals surface area (Å²) in [4.78, 5) is 14.1. The number of hydrogen-bond acceptors (Lipinski definition) is 5. The molecule has 1 saturated heterocycles. The van der Waals surface area contributed by atoms with E-state index in [0.717, 1.165) is 17.9 Å². The Morgan fingerprint density at radius 1 is 1.19 bits per heavy atom. The second-order valence-electron chi connectivity index (χ2n) is 6.28. The Balaban J connectivity index is 1.48. The Bertz CT molecular complexity index is 873. The van der Waals surface area contributed by atoms with Gasteiger partial charge in [-0.3, -0.25) is 4.79 Å². The first-order valence-electron chi connectivity index (χ1n) is 8.64. The van der Waals surface area contributed by atoms with Gasteiger partial charge in [0.1, 0.15) is 16.8 Å². The predicted molar refractivity (Wildman–Crippen MR) is 99.4 cm³/mol. The SMILES string of the molecule is CCc1ccc(Cn2cc([C@H]3SCC(=O)N3Cc3ccco3)nn2)cc1. The van der Waals surface area contributed by atoms with Crippen molar-refractivity contribution < 1.29 is 9.21 Å². The molecule has 4 rings (SSSR count). The summed E-state index contributed by atoms with van der Waals surface area (Å²) in [5, 5.41) is 8.44. The van der Waals surface area contributed by atoms with Crippen molar-refractivity contribution in [3.05, 3.63) is 71.4 Å². The Kier molecular flexibility index (Phi) is 4.79. The van der Waals surface area contributed by atoms with Gasteiger partial charge in [-0.1, -0.05) is 36.4 Å². The molecule has 3 heterocycles. The maximum Gasteiger partial charge on any atom is 0.234 e. The molecule has 1 atom stereocenters. The number of amides is 1. The molecule has 3 aromatic rings. The topological polar surface area (TPSA) is 64.2 Å². The monoisotopic (exact) mass is 368 g/mol. The Labute approximate surface area is 156 Å². The van der Waals surface area contributed by atoms with Crippen molar-refractivity contribution in [1.29, 1.82) is 0 Å². The molecule has 1 aromatic carbocycles. The second kappa shape index (κ2) is 7.37. The molecule has 6 nitrogen and oxygen atoms in total. The summed E-state index contributed by atoms with van der Waals surface area (Å²) in [5.74, 6) is 1.33. The highest BCUT2D eigenvalue weighted by Crippen LogP contribution is 2.38. The van der Waals surface area contributed by atoms with E-state index in [1.807, 2.05) is 23.0 Å². The average Bonchev–Trinajstić information content (AvgIpc) is 3.39. The van der Waals surface area contributed by atoms with Gasteiger partial charge >= 0.3 is 0 Å². The van der Waals surface area contributed by atoms with Crippen LogP contribution in [0.4, 0.5) is 0 Å². The van der Waals surface area contributed by atoms with Gasteiger partial charge in [0.15, 0.2) is 0 Å². The van der Waals surface area contributed by atoms with Crippen LogP contribution in [0.1, 0.15) is 34.9 Å². The summed E-state index contributed by atoms with van der Waals surface area (Å²) >= 11 is 1.58. The molecule has 0 aliphatic carbocycles. The lowest BCUT2D eigenvalue weighted by Gasteiger charge is -2.20. The number of rotatable bonds is 6. The fraction of sp³-hybridized carbons (Fsp3) is 0.316. The molecule has 7 heteroatoms. The van der Waals surface area contributed by atoms with E-state index in [2.05, 4.69) is 41.5 Å². The fourth-order valence-corrected chi connectivity index (χ4v) is 4.13. The quantitative estimate of drug-likeness (QED) is 0.668. The van der Waals surface area contributed by atoms with Crippen molar-refractivity contribution >= 4 is 17.7 Å². The number of thioether (sulfide) groups is 1. The molecular formula is C19H20N4O2S. The summed E-state index contributed by atoms with van der Waals surface area (Å²) < 4.78 is 7.21. The van der Waals surface area contributed by atoms with Crippen LogP contribution < -0.4 is 0 Å². The minimum absolute atomic E-state index is 0.0982. The molecule has 0 bridgehead atoms. The summed E-state index contributed by atoms with van der Waals surface area (Å²) in [7, 11) is 0. The fourth-order valence-electron chi connectivity index (χ4n) is 3.01. The van der Waals surface area contributed by atoms with E-state index in [1.54, 1.807) is 22.9 Å². The zero-order valence-electron chi connectivity index (χ0n) is 14.5. The van der Waals surface area contributed by atoms with Crippen molar-refractivity contribution in [2.75, 3.05) is 5.75 Å². The van der Waals surface area contributed by atoms with Crippen molar-refractivity contribution in [3.8, 4) is 0 Å². The van der Waals surface area contributed by atoms with E-state index in [9.17, 15) is 4.79 Å². The number of nitrogens with zero attached hydrogens (tertiary/aromatic N) is 4. The molecule has 0 saturated carbocycles. The maximum absolute atomic E-state index is 12.3. The van der Waals surface area contributed by atoms with E-state index < -0.39 is 0 Å². The molecule has 0 unspecified atom stereocenters.